The van der Waals surface area contributed by atoms with Gasteiger partial charge in [0, 0.05) is 22.6 Å². The summed E-state index contributed by atoms with van der Waals surface area (Å²) in [5, 5.41) is 0. The molecule has 5 heteroatoms. The van der Waals surface area contributed by atoms with E-state index >= 15 is 0 Å². The molecule has 0 saturated carbocycles. The fourth-order valence-corrected chi connectivity index (χ4v) is 2.93. The van der Waals surface area contributed by atoms with Crippen LogP contribution in [0.3, 0.4) is 0 Å². The second kappa shape index (κ2) is 4.35. The van der Waals surface area contributed by atoms with Crippen LogP contribution >= 0.6 is 11.8 Å². The molecule has 0 aliphatic carbocycles. The molecule has 0 unspecified atom stereocenters. The van der Waals surface area contributed by atoms with E-state index in [9.17, 15) is 0 Å². The van der Waals surface area contributed by atoms with Crippen LogP contribution in [0.1, 0.15) is 11.3 Å². The third-order valence-electron chi connectivity index (χ3n) is 2.75. The van der Waals surface area contributed by atoms with Gasteiger partial charge in [-0.05, 0) is 0 Å². The molecule has 2 heterocycles. The van der Waals surface area contributed by atoms with Crippen LogP contribution in [-0.4, -0.2) is 9.97 Å². The number of hydrogen-bond acceptors (Lipinski definition) is 5. The first kappa shape index (κ1) is 10.6. The van der Waals surface area contributed by atoms with Gasteiger partial charge in [-0.15, -0.1) is 0 Å². The van der Waals surface area contributed by atoms with Crippen molar-refractivity contribution in [2.24, 2.45) is 5.84 Å². The molecule has 1 aliphatic rings. The first-order valence-electron chi connectivity index (χ1n) is 5.38. The number of thioether (sulfide) groups is 1. The number of nitrogens with one attached hydrogen (secondary N) is 1. The summed E-state index contributed by atoms with van der Waals surface area (Å²) in [6.07, 6.45) is 0. The summed E-state index contributed by atoms with van der Waals surface area (Å²) >= 11 is 1.84. The highest BCUT2D eigenvalue weighted by atomic mass is 32.2. The Morgan fingerprint density at radius 3 is 2.71 bits per heavy atom. The Labute approximate surface area is 104 Å². The summed E-state index contributed by atoms with van der Waals surface area (Å²) in [5.41, 5.74) is 5.92. The Morgan fingerprint density at radius 2 is 1.94 bits per heavy atom. The van der Waals surface area contributed by atoms with Crippen LogP contribution in [-0.2, 0) is 11.5 Å². The van der Waals surface area contributed by atoms with Crippen LogP contribution in [0.4, 0.5) is 5.82 Å². The first-order valence-corrected chi connectivity index (χ1v) is 6.53. The van der Waals surface area contributed by atoms with Gasteiger partial charge in [0.2, 0.25) is 0 Å². The molecular weight excluding hydrogens is 232 g/mol. The van der Waals surface area contributed by atoms with E-state index in [-0.39, 0.29) is 0 Å². The van der Waals surface area contributed by atoms with Crippen LogP contribution < -0.4 is 11.3 Å². The number of fused-ring (bicyclic) bond motifs is 1. The van der Waals surface area contributed by atoms with E-state index in [0.29, 0.717) is 0 Å². The maximum absolute atomic E-state index is 5.52. The number of nitrogen functional groups attached to an aromatic ring is 1. The SMILES string of the molecule is NNc1nc(-c2ccccc2)nc2c1CSC2. The molecule has 0 saturated heterocycles. The lowest BCUT2D eigenvalue weighted by Crippen LogP contribution is -2.12. The van der Waals surface area contributed by atoms with E-state index in [1.165, 1.54) is 0 Å². The Balaban J connectivity index is 2.13. The average Bonchev–Trinajstić information content (AvgIpc) is 2.86. The number of anilines is 1. The molecule has 4 nitrogen and oxygen atoms in total. The zero-order valence-electron chi connectivity index (χ0n) is 9.18. The molecule has 1 aliphatic heterocycles. The number of rotatable bonds is 2. The molecule has 0 amide bonds. The monoisotopic (exact) mass is 244 g/mol. The molecular formula is C12H12N4S. The van der Waals surface area contributed by atoms with Crippen LogP contribution in [0.15, 0.2) is 30.3 Å². The minimum absolute atomic E-state index is 0.736. The van der Waals surface area contributed by atoms with Gasteiger partial charge in [0.05, 0.1) is 5.69 Å². The number of aromatic nitrogens is 2. The van der Waals surface area contributed by atoms with Gasteiger partial charge in [-0.25, -0.2) is 15.8 Å². The molecule has 2 aromatic rings. The molecule has 17 heavy (non-hydrogen) atoms. The molecule has 3 rings (SSSR count). The van der Waals surface area contributed by atoms with Crippen molar-refractivity contribution in [1.82, 2.24) is 9.97 Å². The van der Waals surface area contributed by atoms with Gasteiger partial charge in [0.25, 0.3) is 0 Å². The highest BCUT2D eigenvalue weighted by Gasteiger charge is 2.19. The molecule has 86 valence electrons. The summed E-state index contributed by atoms with van der Waals surface area (Å²) in [6, 6.07) is 9.95. The molecule has 1 aromatic heterocycles. The molecule has 0 spiro atoms. The van der Waals surface area contributed by atoms with Gasteiger partial charge in [-0.2, -0.15) is 11.8 Å². The molecule has 0 fully saturated rings. The molecule has 0 bridgehead atoms. The lowest BCUT2D eigenvalue weighted by Gasteiger charge is -2.08. The van der Waals surface area contributed by atoms with Gasteiger partial charge in [0.1, 0.15) is 5.82 Å². The van der Waals surface area contributed by atoms with Crippen molar-refractivity contribution in [2.75, 3.05) is 5.43 Å². The standard InChI is InChI=1S/C12H12N4S/c13-16-12-9-6-17-7-10(9)14-11(15-12)8-4-2-1-3-5-8/h1-5H,6-7,13H2,(H,14,15,16). The zero-order valence-corrected chi connectivity index (χ0v) is 10.00. The lowest BCUT2D eigenvalue weighted by molar-refractivity contribution is 1.06. The van der Waals surface area contributed by atoms with Crippen molar-refractivity contribution in [3.63, 3.8) is 0 Å². The third kappa shape index (κ3) is 1.87. The van der Waals surface area contributed by atoms with Gasteiger partial charge in [0.15, 0.2) is 5.82 Å². The Bertz CT molecular complexity index is 542. The topological polar surface area (TPSA) is 63.8 Å². The minimum Gasteiger partial charge on any atom is -0.308 e. The van der Waals surface area contributed by atoms with E-state index in [2.05, 4.69) is 15.4 Å². The summed E-state index contributed by atoms with van der Waals surface area (Å²) in [5.74, 6) is 8.88. The van der Waals surface area contributed by atoms with Gasteiger partial charge < -0.3 is 5.43 Å². The smallest absolute Gasteiger partial charge is 0.161 e. The van der Waals surface area contributed by atoms with E-state index in [1.807, 2.05) is 42.1 Å². The second-order valence-corrected chi connectivity index (χ2v) is 4.81. The van der Waals surface area contributed by atoms with Gasteiger partial charge in [-0.3, -0.25) is 0 Å². The second-order valence-electron chi connectivity index (χ2n) is 3.82. The van der Waals surface area contributed by atoms with Gasteiger partial charge in [-0.1, -0.05) is 30.3 Å². The predicted molar refractivity (Wildman–Crippen MR) is 70.3 cm³/mol. The number of nitrogens with zero attached hydrogens (tertiary/aromatic N) is 2. The number of hydrazine groups is 1. The summed E-state index contributed by atoms with van der Waals surface area (Å²) in [4.78, 5) is 9.08. The van der Waals surface area contributed by atoms with Crippen LogP contribution in [0.2, 0.25) is 0 Å². The van der Waals surface area contributed by atoms with Crippen molar-refractivity contribution in [3.05, 3.63) is 41.6 Å². The van der Waals surface area contributed by atoms with Gasteiger partial charge >= 0.3 is 0 Å². The van der Waals surface area contributed by atoms with Crippen LogP contribution in [0.25, 0.3) is 11.4 Å². The van der Waals surface area contributed by atoms with Crippen molar-refractivity contribution in [1.29, 1.82) is 0 Å². The molecule has 3 N–H and O–H groups in total. The number of benzene rings is 1. The zero-order chi connectivity index (χ0) is 11.7. The fraction of sp³-hybridized carbons (Fsp3) is 0.167. The molecule has 0 atom stereocenters. The third-order valence-corrected chi connectivity index (χ3v) is 3.72. The first-order chi connectivity index (χ1) is 8.38. The van der Waals surface area contributed by atoms with Crippen LogP contribution in [0.5, 0.6) is 0 Å². The molecule has 1 aromatic carbocycles. The quantitative estimate of drug-likeness (QED) is 0.626. The largest absolute Gasteiger partial charge is 0.308 e. The number of nitrogens with two attached hydrogens (primary N) is 1. The fourth-order valence-electron chi connectivity index (χ4n) is 1.89. The van der Waals surface area contributed by atoms with Crippen molar-refractivity contribution >= 4 is 17.6 Å². The summed E-state index contributed by atoms with van der Waals surface area (Å²) in [7, 11) is 0. The highest BCUT2D eigenvalue weighted by molar-refractivity contribution is 7.98. The van der Waals surface area contributed by atoms with E-state index < -0.39 is 0 Å². The van der Waals surface area contributed by atoms with E-state index in [0.717, 1.165) is 40.0 Å². The summed E-state index contributed by atoms with van der Waals surface area (Å²) < 4.78 is 0. The van der Waals surface area contributed by atoms with Crippen molar-refractivity contribution < 1.29 is 0 Å². The van der Waals surface area contributed by atoms with E-state index in [1.54, 1.807) is 0 Å². The maximum Gasteiger partial charge on any atom is 0.161 e. The normalized spacial score (nSPS) is 13.5. The molecule has 0 radical (unpaired) electrons. The average molecular weight is 244 g/mol. The maximum atomic E-state index is 5.52. The van der Waals surface area contributed by atoms with Crippen molar-refractivity contribution in [2.45, 2.75) is 11.5 Å². The number of hydrogen-bond donors (Lipinski definition) is 2. The Morgan fingerprint density at radius 1 is 1.12 bits per heavy atom. The Kier molecular flexibility index (Phi) is 2.70. The Hall–Kier alpha value is -1.59. The highest BCUT2D eigenvalue weighted by Crippen LogP contribution is 2.33. The predicted octanol–water partition coefficient (Wildman–Crippen LogP) is 2.18. The van der Waals surface area contributed by atoms with E-state index in [4.69, 9.17) is 5.84 Å². The minimum atomic E-state index is 0.736. The summed E-state index contributed by atoms with van der Waals surface area (Å²) in [6.45, 7) is 0. The van der Waals surface area contributed by atoms with Crippen molar-refractivity contribution in [3.8, 4) is 11.4 Å². The lowest BCUT2D eigenvalue weighted by atomic mass is 10.2. The van der Waals surface area contributed by atoms with Crippen LogP contribution in [0, 0.1) is 0 Å².